The van der Waals surface area contributed by atoms with Gasteiger partial charge in [-0.25, -0.2) is 4.79 Å². The van der Waals surface area contributed by atoms with Gasteiger partial charge in [-0.15, -0.1) is 0 Å². The van der Waals surface area contributed by atoms with Crippen molar-refractivity contribution in [2.24, 2.45) is 0 Å². The first kappa shape index (κ1) is 18.8. The van der Waals surface area contributed by atoms with Crippen LogP contribution in [-0.4, -0.2) is 72.9 Å². The van der Waals surface area contributed by atoms with E-state index in [0.29, 0.717) is 13.2 Å². The maximum Gasteiger partial charge on any atom is 0.326 e. The Morgan fingerprint density at radius 2 is 1.92 bits per heavy atom. The van der Waals surface area contributed by atoms with Crippen molar-refractivity contribution < 1.29 is 19.1 Å². The van der Waals surface area contributed by atoms with E-state index in [4.69, 9.17) is 4.74 Å². The van der Waals surface area contributed by atoms with Crippen LogP contribution >= 0.6 is 0 Å². The Kier molecular flexibility index (Phi) is 6.01. The molecule has 2 rings (SSSR count). The predicted octanol–water partition coefficient (Wildman–Crippen LogP) is 1.37. The second kappa shape index (κ2) is 8.00. The normalized spacial score (nSPS) is 17.2. The Morgan fingerprint density at radius 1 is 1.24 bits per heavy atom. The number of imide groups is 1. The van der Waals surface area contributed by atoms with Gasteiger partial charge in [0, 0.05) is 21.1 Å². The molecule has 1 aromatic rings. The van der Waals surface area contributed by atoms with Crippen molar-refractivity contribution in [1.29, 1.82) is 0 Å². The second-order valence-corrected chi connectivity index (χ2v) is 6.14. The van der Waals surface area contributed by atoms with E-state index in [1.807, 2.05) is 24.3 Å². The molecule has 0 bridgehead atoms. The van der Waals surface area contributed by atoms with Gasteiger partial charge < -0.3 is 14.5 Å². The van der Waals surface area contributed by atoms with Gasteiger partial charge in [0.2, 0.25) is 5.91 Å². The fourth-order valence-corrected chi connectivity index (χ4v) is 2.75. The maximum absolute atomic E-state index is 12.3. The summed E-state index contributed by atoms with van der Waals surface area (Å²) >= 11 is 0. The molecule has 0 N–H and O–H groups in total. The van der Waals surface area contributed by atoms with Crippen LogP contribution in [0, 0.1) is 0 Å². The van der Waals surface area contributed by atoms with Crippen molar-refractivity contribution in [2.45, 2.75) is 25.8 Å². The summed E-state index contributed by atoms with van der Waals surface area (Å²) in [5, 5.41) is 0. The van der Waals surface area contributed by atoms with Crippen LogP contribution in [0.1, 0.15) is 18.9 Å². The highest BCUT2D eigenvalue weighted by molar-refractivity contribution is 6.05. The number of benzene rings is 1. The average Bonchev–Trinajstić information content (AvgIpc) is 2.79. The lowest BCUT2D eigenvalue weighted by molar-refractivity contribution is -0.135. The number of carbonyl (C=O) groups is 3. The molecule has 7 nitrogen and oxygen atoms in total. The van der Waals surface area contributed by atoms with Crippen LogP contribution in [0.3, 0.4) is 0 Å². The molecule has 1 saturated heterocycles. The van der Waals surface area contributed by atoms with E-state index >= 15 is 0 Å². The van der Waals surface area contributed by atoms with Gasteiger partial charge in [0.25, 0.3) is 5.91 Å². The van der Waals surface area contributed by atoms with E-state index in [1.165, 1.54) is 23.9 Å². The molecule has 0 radical (unpaired) electrons. The highest BCUT2D eigenvalue weighted by atomic mass is 16.5. The van der Waals surface area contributed by atoms with E-state index in [9.17, 15) is 14.4 Å². The van der Waals surface area contributed by atoms with E-state index in [0.717, 1.165) is 22.6 Å². The number of nitrogens with zero attached hydrogens (tertiary/aromatic N) is 3. The Bertz CT molecular complexity index is 661. The Hall–Kier alpha value is -2.57. The largest absolute Gasteiger partial charge is 0.491 e. The lowest BCUT2D eigenvalue weighted by atomic mass is 10.1. The van der Waals surface area contributed by atoms with Crippen molar-refractivity contribution in [3.8, 4) is 5.75 Å². The first-order valence-electron chi connectivity index (χ1n) is 8.35. The molecule has 0 aromatic heterocycles. The molecule has 1 heterocycles. The van der Waals surface area contributed by atoms with Gasteiger partial charge in [0.15, 0.2) is 0 Å². The number of ether oxygens (including phenoxy) is 1. The topological polar surface area (TPSA) is 70.2 Å². The van der Waals surface area contributed by atoms with E-state index in [-0.39, 0.29) is 24.3 Å². The Morgan fingerprint density at radius 3 is 2.52 bits per heavy atom. The second-order valence-electron chi connectivity index (χ2n) is 6.14. The van der Waals surface area contributed by atoms with Gasteiger partial charge in [-0.05, 0) is 18.1 Å². The van der Waals surface area contributed by atoms with Crippen molar-refractivity contribution in [1.82, 2.24) is 14.7 Å². The number of hydrogen-bond donors (Lipinski definition) is 0. The summed E-state index contributed by atoms with van der Waals surface area (Å²) in [5.41, 5.74) is 1.12. The molecule has 7 heteroatoms. The van der Waals surface area contributed by atoms with Crippen LogP contribution in [0.4, 0.5) is 4.79 Å². The van der Waals surface area contributed by atoms with Crippen molar-refractivity contribution in [3.05, 3.63) is 29.8 Å². The van der Waals surface area contributed by atoms with Gasteiger partial charge in [0.05, 0.1) is 13.0 Å². The van der Waals surface area contributed by atoms with Gasteiger partial charge in [-0.3, -0.25) is 14.5 Å². The first-order valence-corrected chi connectivity index (χ1v) is 8.35. The highest BCUT2D eigenvalue weighted by Gasteiger charge is 2.42. The average molecular weight is 347 g/mol. The van der Waals surface area contributed by atoms with Crippen LogP contribution in [0.25, 0.3) is 0 Å². The fraction of sp³-hybridized carbons (Fsp3) is 0.500. The summed E-state index contributed by atoms with van der Waals surface area (Å²) < 4.78 is 5.76. The summed E-state index contributed by atoms with van der Waals surface area (Å²) in [6, 6.07) is 6.69. The third-order valence-corrected chi connectivity index (χ3v) is 4.50. The minimum absolute atomic E-state index is 0.0204. The predicted molar refractivity (Wildman–Crippen MR) is 93.3 cm³/mol. The Labute approximate surface area is 148 Å². The number of amides is 4. The van der Waals surface area contributed by atoms with Crippen LogP contribution in [0.15, 0.2) is 24.3 Å². The van der Waals surface area contributed by atoms with Crippen molar-refractivity contribution >= 4 is 17.8 Å². The maximum atomic E-state index is 12.3. The zero-order chi connectivity index (χ0) is 18.6. The zero-order valence-corrected chi connectivity index (χ0v) is 15.2. The van der Waals surface area contributed by atoms with Crippen LogP contribution in [0.5, 0.6) is 5.75 Å². The summed E-state index contributed by atoms with van der Waals surface area (Å²) in [6.45, 7) is 2.84. The molecular weight excluding hydrogens is 322 g/mol. The third-order valence-electron chi connectivity index (χ3n) is 4.50. The molecule has 0 spiro atoms. The summed E-state index contributed by atoms with van der Waals surface area (Å²) in [4.78, 5) is 40.0. The molecular formula is C18H25N3O4. The number of aryl methyl sites for hydroxylation is 1. The minimum Gasteiger partial charge on any atom is -0.491 e. The molecule has 25 heavy (non-hydrogen) atoms. The number of para-hydroxylation sites is 1. The van der Waals surface area contributed by atoms with E-state index < -0.39 is 6.04 Å². The Balaban J connectivity index is 1.84. The number of urea groups is 1. The lowest BCUT2D eigenvalue weighted by Gasteiger charge is -2.21. The van der Waals surface area contributed by atoms with Gasteiger partial charge >= 0.3 is 6.03 Å². The SMILES string of the molecule is CCc1ccccc1OCCN(C)C(=O)C[C@@H]1C(=O)N(C)C(=O)N1C. The summed E-state index contributed by atoms with van der Waals surface area (Å²) in [7, 11) is 4.63. The van der Waals surface area contributed by atoms with Gasteiger partial charge in [-0.1, -0.05) is 25.1 Å². The molecule has 1 atom stereocenters. The van der Waals surface area contributed by atoms with Crippen molar-refractivity contribution in [3.63, 3.8) is 0 Å². The fourth-order valence-electron chi connectivity index (χ4n) is 2.75. The quantitative estimate of drug-likeness (QED) is 0.699. The molecule has 0 aliphatic carbocycles. The van der Waals surface area contributed by atoms with Gasteiger partial charge in [-0.2, -0.15) is 0 Å². The smallest absolute Gasteiger partial charge is 0.326 e. The van der Waals surface area contributed by atoms with Crippen LogP contribution in [-0.2, 0) is 16.0 Å². The zero-order valence-electron chi connectivity index (χ0n) is 15.2. The molecule has 4 amide bonds. The van der Waals surface area contributed by atoms with Crippen molar-refractivity contribution in [2.75, 3.05) is 34.3 Å². The number of likely N-dealkylation sites (N-methyl/N-ethyl adjacent to an activating group) is 3. The molecule has 1 aromatic carbocycles. The standard InChI is InChI=1S/C18H25N3O4/c1-5-13-8-6-7-9-15(13)25-11-10-19(2)16(22)12-14-17(23)21(4)18(24)20(14)3/h6-9,14H,5,10-12H2,1-4H3/t14-/m1/s1. The van der Waals surface area contributed by atoms with Crippen LogP contribution < -0.4 is 4.74 Å². The number of carbonyl (C=O) groups excluding carboxylic acids is 3. The number of hydrogen-bond acceptors (Lipinski definition) is 4. The monoisotopic (exact) mass is 347 g/mol. The molecule has 0 saturated carbocycles. The highest BCUT2D eigenvalue weighted by Crippen LogP contribution is 2.19. The molecule has 1 aliphatic heterocycles. The first-order chi connectivity index (χ1) is 11.9. The van der Waals surface area contributed by atoms with Crippen LogP contribution in [0.2, 0.25) is 0 Å². The molecule has 1 aliphatic rings. The third kappa shape index (κ3) is 4.10. The summed E-state index contributed by atoms with van der Waals surface area (Å²) in [5.74, 6) is 0.284. The van der Waals surface area contributed by atoms with E-state index in [2.05, 4.69) is 6.92 Å². The minimum atomic E-state index is -0.728. The molecule has 1 fully saturated rings. The van der Waals surface area contributed by atoms with Gasteiger partial charge in [0.1, 0.15) is 18.4 Å². The summed E-state index contributed by atoms with van der Waals surface area (Å²) in [6.07, 6.45) is 0.857. The molecule has 0 unspecified atom stereocenters. The van der Waals surface area contributed by atoms with E-state index in [1.54, 1.807) is 7.05 Å². The molecule has 136 valence electrons. The number of rotatable bonds is 7. The lowest BCUT2D eigenvalue weighted by Crippen LogP contribution is -2.39.